The van der Waals surface area contributed by atoms with E-state index in [1.165, 1.54) is 11.3 Å². The lowest BCUT2D eigenvalue weighted by atomic mass is 10.1. The Morgan fingerprint density at radius 2 is 1.91 bits per heavy atom. The molecule has 0 aliphatic heterocycles. The fourth-order valence-electron chi connectivity index (χ4n) is 2.26. The molecule has 4 nitrogen and oxygen atoms in total. The Morgan fingerprint density at radius 1 is 1.23 bits per heavy atom. The van der Waals surface area contributed by atoms with Gasteiger partial charge in [-0.3, -0.25) is 0 Å². The molecule has 0 aliphatic rings. The molecular formula is C16H22N2O2S2. The van der Waals surface area contributed by atoms with E-state index in [1.54, 1.807) is 0 Å². The topological polar surface area (TPSA) is 59.1 Å². The van der Waals surface area contributed by atoms with Crippen LogP contribution in [0.4, 0.5) is 0 Å². The zero-order valence-corrected chi connectivity index (χ0v) is 14.7. The van der Waals surface area contributed by atoms with Crippen LogP contribution in [0.15, 0.2) is 35.7 Å². The van der Waals surface area contributed by atoms with Crippen molar-refractivity contribution in [2.75, 3.05) is 0 Å². The molecule has 2 rings (SSSR count). The largest absolute Gasteiger partial charge is 0.245 e. The van der Waals surface area contributed by atoms with E-state index in [0.29, 0.717) is 5.92 Å². The highest BCUT2D eigenvalue weighted by Crippen LogP contribution is 2.25. The van der Waals surface area contributed by atoms with Crippen LogP contribution in [0.2, 0.25) is 0 Å². The molecule has 1 heterocycles. The molecule has 0 aliphatic carbocycles. The highest BCUT2D eigenvalue weighted by atomic mass is 32.2. The first kappa shape index (κ1) is 17.1. The summed E-state index contributed by atoms with van der Waals surface area (Å²) in [6.07, 6.45) is 0.737. The average molecular weight is 338 g/mol. The third-order valence-electron chi connectivity index (χ3n) is 3.16. The van der Waals surface area contributed by atoms with Crippen LogP contribution in [0.3, 0.4) is 0 Å². The van der Waals surface area contributed by atoms with Gasteiger partial charge in [-0.25, -0.2) is 18.1 Å². The fourth-order valence-corrected chi connectivity index (χ4v) is 4.55. The molecule has 0 saturated carbocycles. The molecule has 0 fully saturated rings. The lowest BCUT2D eigenvalue weighted by Crippen LogP contribution is -2.30. The Labute approximate surface area is 136 Å². The second-order valence-electron chi connectivity index (χ2n) is 5.87. The standard InChI is InChI=1S/C16H22N2O2S2/c1-12(2)9-15(16-17-13(3)10-21-16)18-22(19,20)11-14-7-5-4-6-8-14/h4-8,10,12,15,18H,9,11H2,1-3H3. The molecule has 0 amide bonds. The SMILES string of the molecule is Cc1csc(C(CC(C)C)NS(=O)(=O)Cc2ccccc2)n1. The first-order valence-corrected chi connectivity index (χ1v) is 9.85. The van der Waals surface area contributed by atoms with Gasteiger partial charge in [-0.05, 0) is 24.8 Å². The van der Waals surface area contributed by atoms with Crippen molar-refractivity contribution in [3.05, 3.63) is 52.0 Å². The Bertz CT molecular complexity index is 694. The van der Waals surface area contributed by atoms with Crippen molar-refractivity contribution in [1.82, 2.24) is 9.71 Å². The molecule has 1 aromatic carbocycles. The van der Waals surface area contributed by atoms with E-state index >= 15 is 0 Å². The van der Waals surface area contributed by atoms with Gasteiger partial charge in [0.25, 0.3) is 0 Å². The smallest absolute Gasteiger partial charge is 0.216 e. The molecule has 1 aromatic heterocycles. The van der Waals surface area contributed by atoms with Crippen molar-refractivity contribution in [2.24, 2.45) is 5.92 Å². The summed E-state index contributed by atoms with van der Waals surface area (Å²) >= 11 is 1.51. The van der Waals surface area contributed by atoms with Crippen LogP contribution in [-0.2, 0) is 15.8 Å². The summed E-state index contributed by atoms with van der Waals surface area (Å²) in [4.78, 5) is 4.45. The van der Waals surface area contributed by atoms with Crippen LogP contribution < -0.4 is 4.72 Å². The predicted molar refractivity (Wildman–Crippen MR) is 91.2 cm³/mol. The van der Waals surface area contributed by atoms with E-state index < -0.39 is 10.0 Å². The highest BCUT2D eigenvalue weighted by Gasteiger charge is 2.23. The molecule has 0 radical (unpaired) electrons. The quantitative estimate of drug-likeness (QED) is 0.838. The monoisotopic (exact) mass is 338 g/mol. The summed E-state index contributed by atoms with van der Waals surface area (Å²) in [5.74, 6) is 0.376. The summed E-state index contributed by atoms with van der Waals surface area (Å²) in [6, 6.07) is 8.96. The number of sulfonamides is 1. The Morgan fingerprint density at radius 3 is 2.45 bits per heavy atom. The number of thiazole rings is 1. The summed E-state index contributed by atoms with van der Waals surface area (Å²) in [7, 11) is -3.40. The molecule has 6 heteroatoms. The van der Waals surface area contributed by atoms with Crippen LogP contribution in [0.25, 0.3) is 0 Å². The Balaban J connectivity index is 2.15. The van der Waals surface area contributed by atoms with Gasteiger partial charge in [0.05, 0.1) is 11.8 Å². The van der Waals surface area contributed by atoms with E-state index in [1.807, 2.05) is 42.6 Å². The van der Waals surface area contributed by atoms with Gasteiger partial charge < -0.3 is 0 Å². The number of hydrogen-bond donors (Lipinski definition) is 1. The van der Waals surface area contributed by atoms with Crippen LogP contribution in [0, 0.1) is 12.8 Å². The summed E-state index contributed by atoms with van der Waals surface area (Å²) in [6.45, 7) is 6.09. The summed E-state index contributed by atoms with van der Waals surface area (Å²) < 4.78 is 27.7. The lowest BCUT2D eigenvalue weighted by molar-refractivity contribution is 0.470. The molecule has 0 spiro atoms. The van der Waals surface area contributed by atoms with Gasteiger partial charge in [-0.1, -0.05) is 44.2 Å². The zero-order valence-electron chi connectivity index (χ0n) is 13.1. The average Bonchev–Trinajstić information content (AvgIpc) is 2.84. The van der Waals surface area contributed by atoms with Crippen molar-refractivity contribution in [1.29, 1.82) is 0 Å². The minimum Gasteiger partial charge on any atom is -0.245 e. The van der Waals surface area contributed by atoms with E-state index in [-0.39, 0.29) is 11.8 Å². The van der Waals surface area contributed by atoms with Gasteiger partial charge in [-0.2, -0.15) is 0 Å². The molecule has 120 valence electrons. The Kier molecular flexibility index (Phi) is 5.72. The molecule has 0 saturated heterocycles. The third kappa shape index (κ3) is 5.19. The number of aryl methyl sites for hydroxylation is 1. The minimum atomic E-state index is -3.40. The van der Waals surface area contributed by atoms with Crippen molar-refractivity contribution in [3.8, 4) is 0 Å². The van der Waals surface area contributed by atoms with E-state index in [4.69, 9.17) is 0 Å². The second-order valence-corrected chi connectivity index (χ2v) is 8.52. The molecular weight excluding hydrogens is 316 g/mol. The number of nitrogens with one attached hydrogen (secondary N) is 1. The first-order valence-electron chi connectivity index (χ1n) is 7.31. The predicted octanol–water partition coefficient (Wildman–Crippen LogP) is 3.66. The van der Waals surface area contributed by atoms with Crippen LogP contribution >= 0.6 is 11.3 Å². The van der Waals surface area contributed by atoms with Crippen LogP contribution in [0.5, 0.6) is 0 Å². The van der Waals surface area contributed by atoms with Crippen molar-refractivity contribution < 1.29 is 8.42 Å². The molecule has 22 heavy (non-hydrogen) atoms. The van der Waals surface area contributed by atoms with Gasteiger partial charge in [0.15, 0.2) is 0 Å². The van der Waals surface area contributed by atoms with Crippen LogP contribution in [0.1, 0.15) is 42.6 Å². The van der Waals surface area contributed by atoms with Gasteiger partial charge >= 0.3 is 0 Å². The van der Waals surface area contributed by atoms with Gasteiger partial charge in [0, 0.05) is 11.1 Å². The molecule has 0 bridgehead atoms. The highest BCUT2D eigenvalue weighted by molar-refractivity contribution is 7.88. The number of rotatable bonds is 7. The number of hydrogen-bond acceptors (Lipinski definition) is 4. The first-order chi connectivity index (χ1) is 10.4. The maximum absolute atomic E-state index is 12.4. The van der Waals surface area contributed by atoms with Gasteiger partial charge in [0.1, 0.15) is 5.01 Å². The number of nitrogens with zero attached hydrogens (tertiary/aromatic N) is 1. The molecule has 1 unspecified atom stereocenters. The second kappa shape index (κ2) is 7.35. The number of benzene rings is 1. The molecule has 1 N–H and O–H groups in total. The van der Waals surface area contributed by atoms with Crippen molar-refractivity contribution >= 4 is 21.4 Å². The summed E-state index contributed by atoms with van der Waals surface area (Å²) in [5.41, 5.74) is 1.71. The zero-order chi connectivity index (χ0) is 16.2. The molecule has 2 aromatic rings. The van der Waals surface area contributed by atoms with Crippen molar-refractivity contribution in [2.45, 2.75) is 39.0 Å². The van der Waals surface area contributed by atoms with Crippen molar-refractivity contribution in [3.63, 3.8) is 0 Å². The third-order valence-corrected chi connectivity index (χ3v) is 5.60. The van der Waals surface area contributed by atoms with Gasteiger partial charge in [0.2, 0.25) is 10.0 Å². The lowest BCUT2D eigenvalue weighted by Gasteiger charge is -2.18. The van der Waals surface area contributed by atoms with Gasteiger partial charge in [-0.15, -0.1) is 11.3 Å². The van der Waals surface area contributed by atoms with E-state index in [9.17, 15) is 8.42 Å². The fraction of sp³-hybridized carbons (Fsp3) is 0.438. The van der Waals surface area contributed by atoms with Crippen LogP contribution in [-0.4, -0.2) is 13.4 Å². The minimum absolute atomic E-state index is 0.00715. The molecule has 1 atom stereocenters. The maximum atomic E-state index is 12.4. The normalized spacial score (nSPS) is 13.5. The maximum Gasteiger partial charge on any atom is 0.216 e. The Hall–Kier alpha value is -1.24. The van der Waals surface area contributed by atoms with E-state index in [2.05, 4.69) is 23.6 Å². The van der Waals surface area contributed by atoms with E-state index in [0.717, 1.165) is 22.7 Å². The summed E-state index contributed by atoms with van der Waals surface area (Å²) in [5, 5.41) is 2.79. The number of aromatic nitrogens is 1.